The molecule has 0 amide bonds. The first kappa shape index (κ1) is 29.2. The van der Waals surface area contributed by atoms with Crippen LogP contribution >= 0.6 is 0 Å². The maximum Gasteiger partial charge on any atom is 0.0322 e. The highest BCUT2D eigenvalue weighted by Crippen LogP contribution is 1.87. The Hall–Kier alpha value is -0.850. The Morgan fingerprint density at radius 2 is 1.13 bits per heavy atom. The molecule has 1 nitrogen and oxygen atoms in total. The van der Waals surface area contributed by atoms with Crippen LogP contribution in [0.4, 0.5) is 0 Å². The van der Waals surface area contributed by atoms with Crippen molar-refractivity contribution in [3.05, 3.63) is 24.4 Å². The molecule has 0 aromatic rings. The Labute approximate surface area is 99.0 Å². The van der Waals surface area contributed by atoms with Gasteiger partial charge in [-0.15, -0.1) is 6.58 Å². The molecule has 0 unspecified atom stereocenters. The van der Waals surface area contributed by atoms with Crippen molar-refractivity contribution in [2.24, 2.45) is 4.99 Å². The Kier molecular flexibility index (Phi) is 143. The number of nitrogens with zero attached hydrogens (tertiary/aromatic N) is 1. The largest absolute Gasteiger partial charge is 0.270 e. The lowest BCUT2D eigenvalue weighted by molar-refractivity contribution is 1.30. The fourth-order valence-corrected chi connectivity index (χ4v) is 0.0913. The molecule has 0 saturated heterocycles. The van der Waals surface area contributed by atoms with Crippen LogP contribution in [0.1, 0.15) is 62.3 Å². The Bertz CT molecular complexity index is 102. The summed E-state index contributed by atoms with van der Waals surface area (Å²) in [6, 6.07) is 0. The molecule has 0 aromatic heterocycles. The van der Waals surface area contributed by atoms with Crippen LogP contribution in [-0.2, 0) is 0 Å². The molecule has 0 spiro atoms. The maximum absolute atomic E-state index is 3.62. The first-order valence-corrected chi connectivity index (χ1v) is 5.89. The maximum atomic E-state index is 3.62. The van der Waals surface area contributed by atoms with Crippen molar-refractivity contribution in [2.75, 3.05) is 0 Å². The third kappa shape index (κ3) is 165. The van der Waals surface area contributed by atoms with Crippen LogP contribution in [0.3, 0.4) is 0 Å². The second-order valence-electron chi connectivity index (χ2n) is 1.50. The molecular weight excluding hydrogens is 182 g/mol. The Balaban J connectivity index is -0.0000000318. The summed E-state index contributed by atoms with van der Waals surface area (Å²) in [5.74, 6) is 0. The predicted molar refractivity (Wildman–Crippen MR) is 78.9 cm³/mol. The highest BCUT2D eigenvalue weighted by molar-refractivity contribution is 5.27. The van der Waals surface area contributed by atoms with Crippen LogP contribution in [0.2, 0.25) is 0 Å². The van der Waals surface area contributed by atoms with Gasteiger partial charge in [-0.3, -0.25) is 4.99 Å². The highest BCUT2D eigenvalue weighted by atomic mass is 14.7. The van der Waals surface area contributed by atoms with Crippen molar-refractivity contribution in [3.8, 4) is 0 Å². The Morgan fingerprint density at radius 1 is 0.933 bits per heavy atom. The van der Waals surface area contributed by atoms with E-state index < -0.39 is 0 Å². The number of hydrogen-bond donors (Lipinski definition) is 0. The van der Waals surface area contributed by atoms with Crippen molar-refractivity contribution in [1.29, 1.82) is 0 Å². The summed E-state index contributed by atoms with van der Waals surface area (Å²) in [7, 11) is 0. The van der Waals surface area contributed by atoms with Crippen LogP contribution in [0.15, 0.2) is 29.4 Å². The van der Waals surface area contributed by atoms with E-state index in [0.717, 1.165) is 5.70 Å². The minimum Gasteiger partial charge on any atom is -0.270 e. The standard InChI is InChI=1S/C5H9N.C3H6.3C2H6/c1-4-5(2)6-3;1-3-2;3*1-2/h4H,3H2,1-2H3;3H,1H2,2H3;3*1-2H3/b5-4-;;;;. The van der Waals surface area contributed by atoms with Gasteiger partial charge in [-0.05, 0) is 27.5 Å². The molecule has 94 valence electrons. The van der Waals surface area contributed by atoms with Gasteiger partial charge in [0.1, 0.15) is 0 Å². The third-order valence-corrected chi connectivity index (χ3v) is 0.667. The summed E-state index contributed by atoms with van der Waals surface area (Å²) >= 11 is 0. The zero-order valence-corrected chi connectivity index (χ0v) is 12.5. The lowest BCUT2D eigenvalue weighted by atomic mass is 10.5. The molecule has 0 aliphatic heterocycles. The van der Waals surface area contributed by atoms with Gasteiger partial charge in [0.15, 0.2) is 0 Å². The first-order valence-electron chi connectivity index (χ1n) is 5.89. The molecule has 0 bridgehead atoms. The normalized spacial score (nSPS) is 6.60. The van der Waals surface area contributed by atoms with Gasteiger partial charge in [-0.1, -0.05) is 53.7 Å². The number of aliphatic imine (C=N–C) groups is 1. The average Bonchev–Trinajstić information content (AvgIpc) is 2.36. The quantitative estimate of drug-likeness (QED) is 0.382. The number of hydrogen-bond acceptors (Lipinski definition) is 1. The van der Waals surface area contributed by atoms with Crippen LogP contribution < -0.4 is 0 Å². The van der Waals surface area contributed by atoms with E-state index in [2.05, 4.69) is 18.3 Å². The number of rotatable bonds is 1. The molecule has 0 rings (SSSR count). The van der Waals surface area contributed by atoms with Crippen LogP contribution in [0.25, 0.3) is 0 Å². The highest BCUT2D eigenvalue weighted by Gasteiger charge is 1.67. The van der Waals surface area contributed by atoms with Gasteiger partial charge < -0.3 is 0 Å². The van der Waals surface area contributed by atoms with Gasteiger partial charge in [-0.2, -0.15) is 0 Å². The number of allylic oxidation sites excluding steroid dienone is 3. The average molecular weight is 215 g/mol. The van der Waals surface area contributed by atoms with Gasteiger partial charge in [0.2, 0.25) is 0 Å². The monoisotopic (exact) mass is 215 g/mol. The first-order chi connectivity index (χ1) is 7.22. The molecule has 1 heteroatoms. The summed E-state index contributed by atoms with van der Waals surface area (Å²) in [5.41, 5.74) is 0.981. The van der Waals surface area contributed by atoms with Gasteiger partial charge in [0.25, 0.3) is 0 Å². The molecule has 0 aliphatic rings. The second kappa shape index (κ2) is 73.2. The van der Waals surface area contributed by atoms with Crippen LogP contribution in [0, 0.1) is 0 Å². The lowest BCUT2D eigenvalue weighted by Crippen LogP contribution is -1.58. The van der Waals surface area contributed by atoms with Gasteiger partial charge in [0.05, 0.1) is 0 Å². The zero-order chi connectivity index (χ0) is 13.7. The Morgan fingerprint density at radius 3 is 1.13 bits per heavy atom. The molecular formula is C14H33N. The minimum atomic E-state index is 0.981. The van der Waals surface area contributed by atoms with E-state index in [1.54, 1.807) is 6.08 Å². The summed E-state index contributed by atoms with van der Waals surface area (Å²) in [4.78, 5) is 3.62. The zero-order valence-electron chi connectivity index (χ0n) is 12.5. The van der Waals surface area contributed by atoms with E-state index in [1.807, 2.05) is 68.4 Å². The summed E-state index contributed by atoms with van der Waals surface area (Å²) in [6.45, 7) is 24.4. The van der Waals surface area contributed by atoms with Gasteiger partial charge in [0, 0.05) is 5.70 Å². The lowest BCUT2D eigenvalue weighted by Gasteiger charge is -1.78. The van der Waals surface area contributed by atoms with Crippen LogP contribution in [-0.4, -0.2) is 6.72 Å². The second-order valence-corrected chi connectivity index (χ2v) is 1.50. The van der Waals surface area contributed by atoms with E-state index in [-0.39, 0.29) is 0 Å². The van der Waals surface area contributed by atoms with Crippen molar-refractivity contribution in [2.45, 2.75) is 62.3 Å². The van der Waals surface area contributed by atoms with E-state index in [4.69, 9.17) is 0 Å². The molecule has 0 N–H and O–H groups in total. The fourth-order valence-electron chi connectivity index (χ4n) is 0.0913. The van der Waals surface area contributed by atoms with Crippen LogP contribution in [0.5, 0.6) is 0 Å². The SMILES string of the molecule is C=CC.C=N/C(C)=C\C.CC.CC.CC. The molecule has 0 saturated carbocycles. The molecule has 0 heterocycles. The minimum absolute atomic E-state index is 0.981. The predicted octanol–water partition coefficient (Wildman–Crippen LogP) is 5.88. The van der Waals surface area contributed by atoms with Crippen molar-refractivity contribution >= 4 is 6.72 Å². The molecule has 0 aromatic carbocycles. The van der Waals surface area contributed by atoms with E-state index in [1.165, 1.54) is 0 Å². The molecule has 0 aliphatic carbocycles. The van der Waals surface area contributed by atoms with Crippen molar-refractivity contribution in [3.63, 3.8) is 0 Å². The molecule has 15 heavy (non-hydrogen) atoms. The topological polar surface area (TPSA) is 12.4 Å². The van der Waals surface area contributed by atoms with Gasteiger partial charge >= 0.3 is 0 Å². The fraction of sp³-hybridized carbons (Fsp3) is 0.643. The van der Waals surface area contributed by atoms with E-state index >= 15 is 0 Å². The summed E-state index contributed by atoms with van der Waals surface area (Å²) in [6.07, 6.45) is 3.66. The van der Waals surface area contributed by atoms with Crippen molar-refractivity contribution in [1.82, 2.24) is 0 Å². The van der Waals surface area contributed by atoms with Gasteiger partial charge in [-0.25, -0.2) is 0 Å². The molecule has 0 atom stereocenters. The summed E-state index contributed by atoms with van der Waals surface area (Å²) < 4.78 is 0. The summed E-state index contributed by atoms with van der Waals surface area (Å²) in [5, 5.41) is 0. The van der Waals surface area contributed by atoms with E-state index in [0.29, 0.717) is 0 Å². The smallest absolute Gasteiger partial charge is 0.0322 e. The van der Waals surface area contributed by atoms with Crippen molar-refractivity contribution < 1.29 is 0 Å². The third-order valence-electron chi connectivity index (χ3n) is 0.667. The van der Waals surface area contributed by atoms with E-state index in [9.17, 15) is 0 Å². The molecule has 0 radical (unpaired) electrons. The molecule has 0 fully saturated rings.